The van der Waals surface area contributed by atoms with Gasteiger partial charge in [-0.05, 0) is 0 Å². The predicted octanol–water partition coefficient (Wildman–Crippen LogP) is 4.40. The molecule has 0 bridgehead atoms. The van der Waals surface area contributed by atoms with Gasteiger partial charge in [0.1, 0.15) is 34.2 Å². The fourth-order valence-corrected chi connectivity index (χ4v) is 2.98. The van der Waals surface area contributed by atoms with Gasteiger partial charge < -0.3 is 9.69 Å². The van der Waals surface area contributed by atoms with Crippen molar-refractivity contribution in [2.24, 2.45) is 0 Å². The van der Waals surface area contributed by atoms with E-state index in [0.717, 1.165) is 0 Å². The quantitative estimate of drug-likeness (QED) is 0.210. The largest absolute Gasteiger partial charge is 0.435 e. The molecule has 10 nitrogen and oxygen atoms in total. The highest BCUT2D eigenvalue weighted by molar-refractivity contribution is 6.18. The Bertz CT molecular complexity index is 1600. The van der Waals surface area contributed by atoms with Crippen molar-refractivity contribution in [3.05, 3.63) is 45.6 Å². The van der Waals surface area contributed by atoms with Crippen molar-refractivity contribution in [1.29, 1.82) is 10.5 Å². The zero-order valence-electron chi connectivity index (χ0n) is 15.7. The van der Waals surface area contributed by atoms with E-state index in [1.807, 2.05) is 0 Å². The fraction of sp³-hybridized carbons (Fsp3) is 0.111. The number of alkyl halides is 6. The highest BCUT2D eigenvalue weighted by Crippen LogP contribution is 2.41. The first-order valence-electron chi connectivity index (χ1n) is 8.41. The van der Waals surface area contributed by atoms with Crippen molar-refractivity contribution in [1.82, 2.24) is 29.9 Å². The van der Waals surface area contributed by atoms with E-state index in [0.29, 0.717) is 0 Å². The molecule has 0 spiro atoms. The van der Waals surface area contributed by atoms with Crippen LogP contribution < -0.4 is 0 Å². The van der Waals surface area contributed by atoms with Crippen LogP contribution in [0.3, 0.4) is 0 Å². The van der Waals surface area contributed by atoms with Crippen LogP contribution in [0.15, 0.2) is 0 Å². The lowest BCUT2D eigenvalue weighted by Crippen LogP contribution is -2.21. The summed E-state index contributed by atoms with van der Waals surface area (Å²) in [5, 5.41) is 18.4. The summed E-state index contributed by atoms with van der Waals surface area (Å²) in [6, 6.07) is 3.05. The minimum Gasteiger partial charge on any atom is -0.370 e. The van der Waals surface area contributed by atoms with Crippen molar-refractivity contribution >= 4 is 44.7 Å². The molecular formula is C18F6N10. The van der Waals surface area contributed by atoms with Gasteiger partial charge >= 0.3 is 12.4 Å². The number of fused-ring (bicyclic) bond motifs is 6. The monoisotopic (exact) mass is 470 g/mol. The summed E-state index contributed by atoms with van der Waals surface area (Å²) in [5.74, 6) is -1.26. The molecule has 0 aliphatic heterocycles. The van der Waals surface area contributed by atoms with Crippen LogP contribution in [-0.4, -0.2) is 29.9 Å². The van der Waals surface area contributed by atoms with Gasteiger partial charge in [-0.3, -0.25) is 0 Å². The molecule has 0 N–H and O–H groups in total. The number of nitriles is 2. The Balaban J connectivity index is 2.41. The lowest BCUT2D eigenvalue weighted by molar-refractivity contribution is -0.167. The van der Waals surface area contributed by atoms with Gasteiger partial charge in [0.05, 0.1) is 0 Å². The van der Waals surface area contributed by atoms with Crippen LogP contribution in [0.2, 0.25) is 0 Å². The van der Waals surface area contributed by atoms with E-state index in [1.54, 1.807) is 6.07 Å². The van der Waals surface area contributed by atoms with Gasteiger partial charge in [-0.15, -0.1) is 9.97 Å². The standard InChI is InChI=1S/C18F6N10/c1-27-15-16(28-2)34-12-10-9(31-13(17(19,20)21)14(32-10)18(22,23)24)7-8(11(12)33-15)30-6(4-26)5(3-25)29-7. The van der Waals surface area contributed by atoms with E-state index in [-0.39, 0.29) is 0 Å². The van der Waals surface area contributed by atoms with Crippen LogP contribution >= 0.6 is 0 Å². The van der Waals surface area contributed by atoms with Crippen LogP contribution in [0, 0.1) is 35.8 Å². The molecule has 0 saturated heterocycles. The number of aromatic nitrogens is 6. The highest BCUT2D eigenvalue weighted by atomic mass is 19.4. The summed E-state index contributed by atoms with van der Waals surface area (Å²) in [6.07, 6.45) is -11.2. The van der Waals surface area contributed by atoms with Crippen LogP contribution in [0.1, 0.15) is 22.8 Å². The van der Waals surface area contributed by atoms with Gasteiger partial charge in [0, 0.05) is 0 Å². The van der Waals surface area contributed by atoms with E-state index in [4.69, 9.17) is 13.1 Å². The molecule has 0 fully saturated rings. The summed E-state index contributed by atoms with van der Waals surface area (Å²) in [6.45, 7) is 14.3. The predicted molar refractivity (Wildman–Crippen MR) is 97.7 cm³/mol. The number of hydrogen-bond acceptors (Lipinski definition) is 8. The minimum atomic E-state index is -5.59. The molecular weight excluding hydrogens is 470 g/mol. The first-order chi connectivity index (χ1) is 15.9. The average Bonchev–Trinajstić information content (AvgIpc) is 2.80. The summed E-state index contributed by atoms with van der Waals surface area (Å²) in [7, 11) is 0. The van der Waals surface area contributed by atoms with Crippen molar-refractivity contribution in [2.75, 3.05) is 0 Å². The summed E-state index contributed by atoms with van der Waals surface area (Å²) in [5.41, 5.74) is -9.96. The first kappa shape index (κ1) is 22.0. The summed E-state index contributed by atoms with van der Waals surface area (Å²) in [4.78, 5) is 27.4. The molecule has 164 valence electrons. The maximum Gasteiger partial charge on any atom is 0.435 e. The van der Waals surface area contributed by atoms with Crippen LogP contribution in [0.4, 0.5) is 38.0 Å². The second-order valence-electron chi connectivity index (χ2n) is 6.25. The van der Waals surface area contributed by atoms with E-state index in [2.05, 4.69) is 39.6 Å². The Labute approximate surface area is 182 Å². The Morgan fingerprint density at radius 1 is 0.559 bits per heavy atom. The van der Waals surface area contributed by atoms with E-state index < -0.39 is 79.9 Å². The Morgan fingerprint density at radius 3 is 1.12 bits per heavy atom. The van der Waals surface area contributed by atoms with E-state index >= 15 is 0 Å². The van der Waals surface area contributed by atoms with Crippen molar-refractivity contribution < 1.29 is 26.3 Å². The molecule has 3 heterocycles. The average molecular weight is 470 g/mol. The third-order valence-corrected chi connectivity index (χ3v) is 4.28. The molecule has 0 radical (unpaired) electrons. The Kier molecular flexibility index (Phi) is 4.63. The van der Waals surface area contributed by atoms with Crippen LogP contribution in [-0.2, 0) is 12.4 Å². The van der Waals surface area contributed by atoms with Crippen molar-refractivity contribution in [2.45, 2.75) is 12.4 Å². The molecule has 16 heteroatoms. The lowest BCUT2D eigenvalue weighted by Gasteiger charge is -2.15. The van der Waals surface area contributed by atoms with Crippen LogP contribution in [0.25, 0.3) is 42.8 Å². The number of hydrogen-bond donors (Lipinski definition) is 0. The maximum absolute atomic E-state index is 13.5. The number of rotatable bonds is 0. The van der Waals surface area contributed by atoms with Gasteiger partial charge in [0.15, 0.2) is 22.8 Å². The number of halogens is 6. The van der Waals surface area contributed by atoms with E-state index in [9.17, 15) is 36.9 Å². The molecule has 0 aliphatic rings. The molecule has 4 aromatic rings. The lowest BCUT2D eigenvalue weighted by atomic mass is 10.1. The molecule has 0 saturated carbocycles. The zero-order valence-corrected chi connectivity index (χ0v) is 15.7. The molecule has 4 rings (SSSR count). The Morgan fingerprint density at radius 2 is 0.853 bits per heavy atom. The maximum atomic E-state index is 13.5. The fourth-order valence-electron chi connectivity index (χ4n) is 2.98. The molecule has 0 aliphatic carbocycles. The molecule has 34 heavy (non-hydrogen) atoms. The topological polar surface area (TPSA) is 134 Å². The van der Waals surface area contributed by atoms with Gasteiger partial charge in [-0.2, -0.15) is 36.9 Å². The summed E-state index contributed by atoms with van der Waals surface area (Å²) < 4.78 is 80.8. The van der Waals surface area contributed by atoms with Crippen molar-refractivity contribution in [3.8, 4) is 12.1 Å². The van der Waals surface area contributed by atoms with Gasteiger partial charge in [-0.25, -0.2) is 19.9 Å². The van der Waals surface area contributed by atoms with Gasteiger partial charge in [-0.1, -0.05) is 13.1 Å². The first-order valence-corrected chi connectivity index (χ1v) is 8.41. The van der Waals surface area contributed by atoms with Gasteiger partial charge in [0.25, 0.3) is 11.6 Å². The third-order valence-electron chi connectivity index (χ3n) is 4.28. The Hall–Kier alpha value is -5.22. The molecule has 0 unspecified atom stereocenters. The second-order valence-corrected chi connectivity index (χ2v) is 6.25. The summed E-state index contributed by atoms with van der Waals surface area (Å²) >= 11 is 0. The smallest absolute Gasteiger partial charge is 0.370 e. The highest BCUT2D eigenvalue weighted by Gasteiger charge is 2.47. The third kappa shape index (κ3) is 3.18. The molecule has 3 aromatic heterocycles. The van der Waals surface area contributed by atoms with Gasteiger partial charge in [0.2, 0.25) is 11.0 Å². The molecule has 0 atom stereocenters. The SMILES string of the molecule is [C-]#[N+]c1nc2c3nc(C#N)c(C#N)nc3c3nc(C(F)(F)F)c(C(F)(F)F)nc3c2nc1[N+]#[C-]. The second kappa shape index (κ2) is 7.15. The number of benzene rings is 1. The minimum absolute atomic E-state index is 0.475. The molecule has 0 amide bonds. The van der Waals surface area contributed by atoms with Crippen molar-refractivity contribution in [3.63, 3.8) is 0 Å². The number of nitrogens with zero attached hydrogens (tertiary/aromatic N) is 10. The zero-order chi connectivity index (χ0) is 25.0. The molecule has 1 aromatic carbocycles. The van der Waals surface area contributed by atoms with Crippen LogP contribution in [0.5, 0.6) is 0 Å². The normalized spacial score (nSPS) is 11.7. The van der Waals surface area contributed by atoms with E-state index in [1.165, 1.54) is 6.07 Å².